The first kappa shape index (κ1) is 15.2. The zero-order valence-corrected chi connectivity index (χ0v) is 11.2. The van der Waals surface area contributed by atoms with Crippen molar-refractivity contribution in [1.82, 2.24) is 10.6 Å². The zero-order chi connectivity index (χ0) is 12.6. The molecular formula is C12H26N2O2. The number of ether oxygens (including phenoxy) is 1. The normalized spacial score (nSPS) is 13.3. The number of rotatable bonds is 6. The van der Waals surface area contributed by atoms with E-state index in [4.69, 9.17) is 4.74 Å². The molecule has 16 heavy (non-hydrogen) atoms. The van der Waals surface area contributed by atoms with Crippen LogP contribution in [0.25, 0.3) is 0 Å². The van der Waals surface area contributed by atoms with E-state index in [2.05, 4.69) is 24.5 Å². The van der Waals surface area contributed by atoms with E-state index in [1.807, 2.05) is 20.8 Å². The van der Waals surface area contributed by atoms with Crippen LogP contribution >= 0.6 is 0 Å². The lowest BCUT2D eigenvalue weighted by atomic mass is 10.1. The van der Waals surface area contributed by atoms with Crippen LogP contribution in [0.4, 0.5) is 4.79 Å². The van der Waals surface area contributed by atoms with Crippen molar-refractivity contribution < 1.29 is 9.53 Å². The zero-order valence-electron chi connectivity index (χ0n) is 11.2. The van der Waals surface area contributed by atoms with Gasteiger partial charge in [0.1, 0.15) is 5.60 Å². The highest BCUT2D eigenvalue weighted by Crippen LogP contribution is 2.05. The van der Waals surface area contributed by atoms with Crippen molar-refractivity contribution in [2.45, 2.75) is 46.6 Å². The van der Waals surface area contributed by atoms with Gasteiger partial charge in [0.05, 0.1) is 0 Å². The van der Waals surface area contributed by atoms with Crippen LogP contribution in [0.3, 0.4) is 0 Å². The number of carbonyl (C=O) groups excluding carboxylic acids is 1. The highest BCUT2D eigenvalue weighted by molar-refractivity contribution is 5.67. The fourth-order valence-electron chi connectivity index (χ4n) is 1.06. The van der Waals surface area contributed by atoms with Gasteiger partial charge in [-0.1, -0.05) is 20.3 Å². The van der Waals surface area contributed by atoms with E-state index in [1.165, 1.54) is 6.42 Å². The Balaban J connectivity index is 3.42. The minimum Gasteiger partial charge on any atom is -0.444 e. The van der Waals surface area contributed by atoms with Crippen LogP contribution in [0, 0.1) is 5.92 Å². The van der Waals surface area contributed by atoms with E-state index in [0.29, 0.717) is 12.5 Å². The van der Waals surface area contributed by atoms with E-state index in [1.54, 1.807) is 0 Å². The van der Waals surface area contributed by atoms with Crippen molar-refractivity contribution in [3.63, 3.8) is 0 Å². The lowest BCUT2D eigenvalue weighted by Gasteiger charge is -2.19. The summed E-state index contributed by atoms with van der Waals surface area (Å²) in [5.41, 5.74) is -0.422. The Morgan fingerprint density at radius 2 is 1.94 bits per heavy atom. The SMILES string of the molecule is CCC(C)CNCCNC(=O)OC(C)(C)C. The Bertz CT molecular complexity index is 200. The summed E-state index contributed by atoms with van der Waals surface area (Å²) in [5, 5.41) is 5.99. The van der Waals surface area contributed by atoms with Crippen LogP contribution in [0.2, 0.25) is 0 Å². The van der Waals surface area contributed by atoms with Gasteiger partial charge in [0.2, 0.25) is 0 Å². The lowest BCUT2D eigenvalue weighted by molar-refractivity contribution is 0.0528. The molecule has 0 aromatic heterocycles. The van der Waals surface area contributed by atoms with Crippen LogP contribution in [0.1, 0.15) is 41.0 Å². The fraction of sp³-hybridized carbons (Fsp3) is 0.917. The van der Waals surface area contributed by atoms with Crippen molar-refractivity contribution in [2.75, 3.05) is 19.6 Å². The van der Waals surface area contributed by atoms with Gasteiger partial charge in [-0.2, -0.15) is 0 Å². The number of hydrogen-bond donors (Lipinski definition) is 2. The predicted molar refractivity (Wildman–Crippen MR) is 66.6 cm³/mol. The summed E-state index contributed by atoms with van der Waals surface area (Å²) in [4.78, 5) is 11.3. The van der Waals surface area contributed by atoms with Gasteiger partial charge in [-0.15, -0.1) is 0 Å². The molecule has 0 radical (unpaired) electrons. The predicted octanol–water partition coefficient (Wildman–Crippen LogP) is 2.15. The molecule has 0 saturated carbocycles. The smallest absolute Gasteiger partial charge is 0.407 e. The summed E-state index contributed by atoms with van der Waals surface area (Å²) in [6.07, 6.45) is 0.824. The Hall–Kier alpha value is -0.770. The number of carbonyl (C=O) groups is 1. The molecule has 0 aliphatic rings. The Labute approximate surface area is 99.1 Å². The minimum atomic E-state index is -0.422. The third-order valence-corrected chi connectivity index (χ3v) is 2.16. The fourth-order valence-corrected chi connectivity index (χ4v) is 1.06. The number of alkyl carbamates (subject to hydrolysis) is 1. The Morgan fingerprint density at radius 1 is 1.31 bits per heavy atom. The van der Waals surface area contributed by atoms with Crippen LogP contribution in [-0.2, 0) is 4.74 Å². The first-order valence-corrected chi connectivity index (χ1v) is 6.02. The molecule has 1 atom stereocenters. The Kier molecular flexibility index (Phi) is 7.13. The maximum absolute atomic E-state index is 11.3. The Morgan fingerprint density at radius 3 is 2.44 bits per heavy atom. The van der Waals surface area contributed by atoms with Crippen LogP contribution in [0.5, 0.6) is 0 Å². The highest BCUT2D eigenvalue weighted by Gasteiger charge is 2.15. The maximum atomic E-state index is 11.3. The summed E-state index contributed by atoms with van der Waals surface area (Å²) in [7, 11) is 0. The molecule has 1 unspecified atom stereocenters. The third kappa shape index (κ3) is 9.77. The highest BCUT2D eigenvalue weighted by atomic mass is 16.6. The van der Waals surface area contributed by atoms with Crippen LogP contribution in [-0.4, -0.2) is 31.3 Å². The monoisotopic (exact) mass is 230 g/mol. The molecule has 96 valence electrons. The van der Waals surface area contributed by atoms with Crippen molar-refractivity contribution in [3.05, 3.63) is 0 Å². The topological polar surface area (TPSA) is 50.4 Å². The van der Waals surface area contributed by atoms with Gasteiger partial charge in [-0.25, -0.2) is 4.79 Å². The standard InChI is InChI=1S/C12H26N2O2/c1-6-10(2)9-13-7-8-14-11(15)16-12(3,4)5/h10,13H,6-9H2,1-5H3,(H,14,15). The molecular weight excluding hydrogens is 204 g/mol. The largest absolute Gasteiger partial charge is 0.444 e. The van der Waals surface area contributed by atoms with Gasteiger partial charge >= 0.3 is 6.09 Å². The number of nitrogens with one attached hydrogen (secondary N) is 2. The summed E-state index contributed by atoms with van der Waals surface area (Å²) >= 11 is 0. The molecule has 0 aromatic rings. The molecule has 0 saturated heterocycles. The van der Waals surface area contributed by atoms with E-state index in [-0.39, 0.29) is 6.09 Å². The van der Waals surface area contributed by atoms with Crippen molar-refractivity contribution >= 4 is 6.09 Å². The molecule has 2 N–H and O–H groups in total. The average molecular weight is 230 g/mol. The van der Waals surface area contributed by atoms with Crippen molar-refractivity contribution in [2.24, 2.45) is 5.92 Å². The maximum Gasteiger partial charge on any atom is 0.407 e. The summed E-state index contributed by atoms with van der Waals surface area (Å²) in [6.45, 7) is 12.3. The second kappa shape index (κ2) is 7.49. The van der Waals surface area contributed by atoms with Gasteiger partial charge in [-0.3, -0.25) is 0 Å². The second-order valence-electron chi connectivity index (χ2n) is 5.15. The molecule has 0 fully saturated rings. The van der Waals surface area contributed by atoms with E-state index in [0.717, 1.165) is 13.1 Å². The van der Waals surface area contributed by atoms with Gasteiger partial charge in [0, 0.05) is 13.1 Å². The molecule has 0 aliphatic carbocycles. The molecule has 0 aliphatic heterocycles. The van der Waals surface area contributed by atoms with Crippen LogP contribution < -0.4 is 10.6 Å². The summed E-state index contributed by atoms with van der Waals surface area (Å²) in [6, 6.07) is 0. The molecule has 0 rings (SSSR count). The van der Waals surface area contributed by atoms with Gasteiger partial charge in [0.25, 0.3) is 0 Å². The van der Waals surface area contributed by atoms with E-state index >= 15 is 0 Å². The molecule has 0 bridgehead atoms. The molecule has 1 amide bonds. The first-order valence-electron chi connectivity index (χ1n) is 6.02. The third-order valence-electron chi connectivity index (χ3n) is 2.16. The van der Waals surface area contributed by atoms with Crippen molar-refractivity contribution in [3.8, 4) is 0 Å². The molecule has 0 spiro atoms. The molecule has 4 nitrogen and oxygen atoms in total. The van der Waals surface area contributed by atoms with Gasteiger partial charge < -0.3 is 15.4 Å². The summed E-state index contributed by atoms with van der Waals surface area (Å²) < 4.78 is 5.11. The number of hydrogen-bond acceptors (Lipinski definition) is 3. The van der Waals surface area contributed by atoms with Crippen molar-refractivity contribution in [1.29, 1.82) is 0 Å². The molecule has 0 heterocycles. The minimum absolute atomic E-state index is 0.349. The van der Waals surface area contributed by atoms with Crippen LogP contribution in [0.15, 0.2) is 0 Å². The number of amides is 1. The molecule has 0 aromatic carbocycles. The molecule has 4 heteroatoms. The average Bonchev–Trinajstić information content (AvgIpc) is 2.14. The van der Waals surface area contributed by atoms with Gasteiger partial charge in [0.15, 0.2) is 0 Å². The first-order chi connectivity index (χ1) is 7.35. The van der Waals surface area contributed by atoms with E-state index in [9.17, 15) is 4.79 Å². The lowest BCUT2D eigenvalue weighted by Crippen LogP contribution is -2.37. The quantitative estimate of drug-likeness (QED) is 0.687. The summed E-state index contributed by atoms with van der Waals surface area (Å²) in [5.74, 6) is 0.682. The van der Waals surface area contributed by atoms with E-state index < -0.39 is 5.60 Å². The second-order valence-corrected chi connectivity index (χ2v) is 5.15. The van der Waals surface area contributed by atoms with Gasteiger partial charge in [-0.05, 0) is 33.2 Å².